The lowest BCUT2D eigenvalue weighted by Crippen LogP contribution is -2.19. The number of nitro groups is 1. The first-order chi connectivity index (χ1) is 9.86. The lowest BCUT2D eigenvalue weighted by atomic mass is 10.3. The van der Waals surface area contributed by atoms with Crippen LogP contribution in [0, 0.1) is 17.0 Å². The van der Waals surface area contributed by atoms with E-state index in [0.717, 1.165) is 0 Å². The Hall–Kier alpha value is -2.12. The first-order valence-electron chi connectivity index (χ1n) is 5.80. The van der Waals surface area contributed by atoms with Crippen LogP contribution in [-0.2, 0) is 11.3 Å². The van der Waals surface area contributed by atoms with Crippen LogP contribution in [0.2, 0.25) is 10.0 Å². The number of carbonyl (C=O) groups excluding carboxylic acids is 1. The van der Waals surface area contributed by atoms with Crippen LogP contribution in [0.15, 0.2) is 24.4 Å². The molecule has 0 saturated heterocycles. The van der Waals surface area contributed by atoms with Crippen molar-refractivity contribution < 1.29 is 9.72 Å². The minimum absolute atomic E-state index is 0.106. The number of hydrogen-bond acceptors (Lipinski definition) is 4. The van der Waals surface area contributed by atoms with Crippen molar-refractivity contribution in [2.24, 2.45) is 0 Å². The summed E-state index contributed by atoms with van der Waals surface area (Å²) in [6, 6.07) is 4.67. The zero-order valence-corrected chi connectivity index (χ0v) is 12.4. The highest BCUT2D eigenvalue weighted by Crippen LogP contribution is 2.25. The van der Waals surface area contributed by atoms with Crippen molar-refractivity contribution in [3.05, 3.63) is 50.4 Å². The number of anilines is 1. The molecule has 0 fully saturated rings. The summed E-state index contributed by atoms with van der Waals surface area (Å²) in [6.45, 7) is 1.47. The van der Waals surface area contributed by atoms with Crippen LogP contribution in [0.1, 0.15) is 5.82 Å². The van der Waals surface area contributed by atoms with Gasteiger partial charge in [0.05, 0.1) is 10.7 Å². The molecule has 2 aromatic rings. The molecule has 9 heteroatoms. The van der Waals surface area contributed by atoms with E-state index in [1.165, 1.54) is 16.8 Å². The molecule has 0 aliphatic carbocycles. The Morgan fingerprint density at radius 2 is 2.19 bits per heavy atom. The lowest BCUT2D eigenvalue weighted by Gasteiger charge is -2.08. The number of benzene rings is 1. The van der Waals surface area contributed by atoms with Gasteiger partial charge in [-0.15, -0.1) is 0 Å². The van der Waals surface area contributed by atoms with E-state index in [0.29, 0.717) is 21.6 Å². The molecule has 1 aromatic carbocycles. The number of imidazole rings is 1. The molecule has 1 amide bonds. The minimum Gasteiger partial charge on any atom is -0.358 e. The van der Waals surface area contributed by atoms with Crippen LogP contribution in [0.25, 0.3) is 0 Å². The van der Waals surface area contributed by atoms with Gasteiger partial charge >= 0.3 is 5.82 Å². The average molecular weight is 329 g/mol. The number of hydrogen-bond donors (Lipinski definition) is 1. The zero-order valence-electron chi connectivity index (χ0n) is 10.8. The molecule has 7 nitrogen and oxygen atoms in total. The van der Waals surface area contributed by atoms with Crippen molar-refractivity contribution in [3.63, 3.8) is 0 Å². The average Bonchev–Trinajstić information content (AvgIpc) is 2.75. The third kappa shape index (κ3) is 3.71. The normalized spacial score (nSPS) is 10.4. The molecule has 2 rings (SSSR count). The summed E-state index contributed by atoms with van der Waals surface area (Å²) in [7, 11) is 0. The Kier molecular flexibility index (Phi) is 4.44. The molecular weight excluding hydrogens is 319 g/mol. The Bertz CT molecular complexity index is 715. The van der Waals surface area contributed by atoms with Crippen LogP contribution < -0.4 is 5.32 Å². The van der Waals surface area contributed by atoms with Crippen molar-refractivity contribution >= 4 is 40.6 Å². The Labute approximate surface area is 129 Å². The fourth-order valence-electron chi connectivity index (χ4n) is 1.67. The lowest BCUT2D eigenvalue weighted by molar-refractivity contribution is -0.389. The van der Waals surface area contributed by atoms with Gasteiger partial charge < -0.3 is 15.4 Å². The second-order valence-corrected chi connectivity index (χ2v) is 5.05. The molecule has 1 N–H and O–H groups in total. The number of amides is 1. The highest BCUT2D eigenvalue weighted by atomic mass is 35.5. The highest BCUT2D eigenvalue weighted by molar-refractivity contribution is 6.36. The molecular formula is C12H10Cl2N4O3. The van der Waals surface area contributed by atoms with Crippen LogP contribution in [-0.4, -0.2) is 20.4 Å². The summed E-state index contributed by atoms with van der Waals surface area (Å²) in [4.78, 5) is 25.7. The van der Waals surface area contributed by atoms with E-state index in [-0.39, 0.29) is 18.3 Å². The topological polar surface area (TPSA) is 90.1 Å². The van der Waals surface area contributed by atoms with Gasteiger partial charge in [0.1, 0.15) is 12.7 Å². The van der Waals surface area contributed by atoms with E-state index < -0.39 is 4.92 Å². The number of halogens is 2. The fourth-order valence-corrected chi connectivity index (χ4v) is 2.13. The second kappa shape index (κ2) is 6.11. The number of carbonyl (C=O) groups is 1. The first-order valence-corrected chi connectivity index (χ1v) is 6.55. The maximum atomic E-state index is 11.9. The maximum absolute atomic E-state index is 11.9. The van der Waals surface area contributed by atoms with Crippen molar-refractivity contribution in [3.8, 4) is 0 Å². The number of nitrogens with one attached hydrogen (secondary N) is 1. The summed E-state index contributed by atoms with van der Waals surface area (Å²) < 4.78 is 1.39. The van der Waals surface area contributed by atoms with Crippen molar-refractivity contribution in [2.45, 2.75) is 13.5 Å². The molecule has 0 bridgehead atoms. The molecule has 0 saturated carbocycles. The number of aryl methyl sites for hydroxylation is 1. The molecule has 0 spiro atoms. The Balaban J connectivity index is 2.10. The number of rotatable bonds is 4. The standard InChI is InChI=1S/C12H10Cl2N4O3/c1-7-15-11(18(20)21)5-17(7)6-12(19)16-10-3-2-8(13)4-9(10)14/h2-5H,6H2,1H3,(H,16,19). The van der Waals surface area contributed by atoms with Crippen molar-refractivity contribution in [2.75, 3.05) is 5.32 Å². The predicted molar refractivity (Wildman–Crippen MR) is 78.7 cm³/mol. The van der Waals surface area contributed by atoms with Crippen LogP contribution in [0.4, 0.5) is 11.5 Å². The van der Waals surface area contributed by atoms with Gasteiger partial charge in [0.15, 0.2) is 0 Å². The van der Waals surface area contributed by atoms with Gasteiger partial charge in [-0.1, -0.05) is 23.2 Å². The molecule has 0 aliphatic heterocycles. The molecule has 0 aliphatic rings. The SMILES string of the molecule is Cc1nc([N+](=O)[O-])cn1CC(=O)Nc1ccc(Cl)cc1Cl. The van der Waals surface area contributed by atoms with E-state index in [1.807, 2.05) is 0 Å². The highest BCUT2D eigenvalue weighted by Gasteiger charge is 2.17. The molecule has 1 aromatic heterocycles. The van der Waals surface area contributed by atoms with E-state index in [4.69, 9.17) is 23.2 Å². The second-order valence-electron chi connectivity index (χ2n) is 4.20. The molecule has 0 unspecified atom stereocenters. The zero-order chi connectivity index (χ0) is 15.6. The molecule has 21 heavy (non-hydrogen) atoms. The number of nitrogens with zero attached hydrogens (tertiary/aromatic N) is 3. The molecule has 110 valence electrons. The Morgan fingerprint density at radius 3 is 2.76 bits per heavy atom. The van der Waals surface area contributed by atoms with Gasteiger partial charge in [-0.25, -0.2) is 0 Å². The van der Waals surface area contributed by atoms with Gasteiger partial charge in [0, 0.05) is 11.9 Å². The quantitative estimate of drug-likeness (QED) is 0.689. The third-order valence-electron chi connectivity index (χ3n) is 2.67. The van der Waals surface area contributed by atoms with E-state index in [1.54, 1.807) is 19.1 Å². The van der Waals surface area contributed by atoms with Crippen LogP contribution in [0.3, 0.4) is 0 Å². The van der Waals surface area contributed by atoms with E-state index in [2.05, 4.69) is 10.3 Å². The van der Waals surface area contributed by atoms with Gasteiger partial charge in [0.25, 0.3) is 0 Å². The molecule has 0 radical (unpaired) electrons. The Morgan fingerprint density at radius 1 is 1.48 bits per heavy atom. The van der Waals surface area contributed by atoms with Crippen LogP contribution >= 0.6 is 23.2 Å². The molecule has 0 atom stereocenters. The van der Waals surface area contributed by atoms with E-state index >= 15 is 0 Å². The predicted octanol–water partition coefficient (Wildman–Crippen LogP) is 3.05. The van der Waals surface area contributed by atoms with Gasteiger partial charge in [-0.2, -0.15) is 0 Å². The monoisotopic (exact) mass is 328 g/mol. The summed E-state index contributed by atoms with van der Waals surface area (Å²) in [5, 5.41) is 14.0. The smallest absolute Gasteiger partial charge is 0.358 e. The summed E-state index contributed by atoms with van der Waals surface area (Å²) in [5.74, 6) is -0.307. The fraction of sp³-hybridized carbons (Fsp3) is 0.167. The van der Waals surface area contributed by atoms with Gasteiger partial charge in [-0.05, 0) is 28.1 Å². The summed E-state index contributed by atoms with van der Waals surface area (Å²) in [5.41, 5.74) is 0.415. The van der Waals surface area contributed by atoms with Gasteiger partial charge in [-0.3, -0.25) is 9.36 Å². The summed E-state index contributed by atoms with van der Waals surface area (Å²) >= 11 is 11.7. The maximum Gasteiger partial charge on any atom is 0.381 e. The number of aromatic nitrogens is 2. The van der Waals surface area contributed by atoms with Crippen LogP contribution in [0.5, 0.6) is 0 Å². The van der Waals surface area contributed by atoms with Crippen molar-refractivity contribution in [1.29, 1.82) is 0 Å². The summed E-state index contributed by atoms with van der Waals surface area (Å²) in [6.07, 6.45) is 1.21. The molecule has 1 heterocycles. The van der Waals surface area contributed by atoms with Crippen molar-refractivity contribution in [1.82, 2.24) is 9.55 Å². The minimum atomic E-state index is -0.614. The first kappa shape index (κ1) is 15.3. The van der Waals surface area contributed by atoms with Gasteiger partial charge in [0.2, 0.25) is 11.7 Å². The largest absolute Gasteiger partial charge is 0.381 e. The third-order valence-corrected chi connectivity index (χ3v) is 3.22. The van der Waals surface area contributed by atoms with E-state index in [9.17, 15) is 14.9 Å².